The maximum Gasteiger partial charge on any atom is 0.191 e. The van der Waals surface area contributed by atoms with Gasteiger partial charge in [0, 0.05) is 62.6 Å². The summed E-state index contributed by atoms with van der Waals surface area (Å²) in [6.07, 6.45) is 8.94. The first-order chi connectivity index (χ1) is 14.6. The molecule has 0 bridgehead atoms. The van der Waals surface area contributed by atoms with Crippen molar-refractivity contribution in [3.8, 4) is 0 Å². The number of piperidine rings is 1. The Balaban J connectivity index is 1.38. The smallest absolute Gasteiger partial charge is 0.191 e. The summed E-state index contributed by atoms with van der Waals surface area (Å²) in [7, 11) is 1.95. The number of hydrogen-bond donors (Lipinski definition) is 3. The molecule has 1 atom stereocenters. The highest BCUT2D eigenvalue weighted by atomic mass is 19.1. The second-order valence-corrected chi connectivity index (χ2v) is 7.82. The van der Waals surface area contributed by atoms with Crippen LogP contribution in [0.3, 0.4) is 0 Å². The van der Waals surface area contributed by atoms with Crippen molar-refractivity contribution in [1.82, 2.24) is 25.4 Å². The number of rotatable bonds is 6. The second kappa shape index (κ2) is 9.19. The third-order valence-electron chi connectivity index (χ3n) is 5.54. The van der Waals surface area contributed by atoms with E-state index >= 15 is 0 Å². The molecule has 1 unspecified atom stereocenters. The monoisotopic (exact) mass is 411 g/mol. The van der Waals surface area contributed by atoms with Gasteiger partial charge < -0.3 is 20.5 Å². The van der Waals surface area contributed by atoms with Crippen LogP contribution >= 0.6 is 0 Å². The molecule has 4 rings (SSSR count). The molecule has 0 radical (unpaired) electrons. The predicted octanol–water partition coefficient (Wildman–Crippen LogP) is 2.81. The van der Waals surface area contributed by atoms with Gasteiger partial charge >= 0.3 is 0 Å². The van der Waals surface area contributed by atoms with Gasteiger partial charge in [-0.25, -0.2) is 4.39 Å². The van der Waals surface area contributed by atoms with Crippen molar-refractivity contribution in [1.29, 1.82) is 0 Å². The number of aliphatic imine (C=N–C) groups is 1. The predicted molar refractivity (Wildman–Crippen MR) is 120 cm³/mol. The molecule has 3 heterocycles. The van der Waals surface area contributed by atoms with E-state index in [9.17, 15) is 4.39 Å². The lowest BCUT2D eigenvalue weighted by Gasteiger charge is -2.34. The van der Waals surface area contributed by atoms with Crippen LogP contribution in [0.1, 0.15) is 25.3 Å². The number of aromatic nitrogens is 3. The summed E-state index contributed by atoms with van der Waals surface area (Å²) >= 11 is 0. The number of guanidine groups is 1. The fraction of sp³-hybridized carbons (Fsp3) is 0.455. The molecular weight excluding hydrogens is 381 g/mol. The van der Waals surface area contributed by atoms with E-state index in [-0.39, 0.29) is 5.82 Å². The maximum atomic E-state index is 13.6. The van der Waals surface area contributed by atoms with Gasteiger partial charge in [0.15, 0.2) is 5.96 Å². The van der Waals surface area contributed by atoms with E-state index in [2.05, 4.69) is 38.7 Å². The molecule has 30 heavy (non-hydrogen) atoms. The van der Waals surface area contributed by atoms with E-state index in [4.69, 9.17) is 4.99 Å². The number of benzene rings is 1. The topological polar surface area (TPSA) is 73.3 Å². The molecule has 1 aliphatic heterocycles. The van der Waals surface area contributed by atoms with E-state index in [0.29, 0.717) is 12.6 Å². The Hall–Kier alpha value is -3.03. The van der Waals surface area contributed by atoms with Gasteiger partial charge in [0.25, 0.3) is 0 Å². The first kappa shape index (κ1) is 20.3. The number of fused-ring (bicyclic) bond motifs is 1. The van der Waals surface area contributed by atoms with Crippen molar-refractivity contribution >= 4 is 22.5 Å². The molecule has 3 N–H and O–H groups in total. The van der Waals surface area contributed by atoms with Crippen molar-refractivity contribution in [2.75, 3.05) is 31.1 Å². The average Bonchev–Trinajstić information content (AvgIpc) is 3.34. The Morgan fingerprint density at radius 3 is 3.10 bits per heavy atom. The summed E-state index contributed by atoms with van der Waals surface area (Å²) in [4.78, 5) is 10.3. The molecular formula is C22H30FN7. The van der Waals surface area contributed by atoms with Crippen LogP contribution in [0, 0.1) is 5.82 Å². The Morgan fingerprint density at radius 2 is 2.30 bits per heavy atom. The lowest BCUT2D eigenvalue weighted by atomic mass is 10.1. The zero-order chi connectivity index (χ0) is 20.9. The van der Waals surface area contributed by atoms with Crippen LogP contribution in [-0.4, -0.2) is 52.9 Å². The van der Waals surface area contributed by atoms with Crippen molar-refractivity contribution in [3.05, 3.63) is 48.2 Å². The normalized spacial score (nSPS) is 17.5. The van der Waals surface area contributed by atoms with Crippen LogP contribution in [-0.2, 0) is 13.5 Å². The molecule has 1 saturated heterocycles. The van der Waals surface area contributed by atoms with E-state index in [1.807, 2.05) is 24.1 Å². The fourth-order valence-electron chi connectivity index (χ4n) is 4.06. The molecule has 160 valence electrons. The van der Waals surface area contributed by atoms with Gasteiger partial charge in [-0.1, -0.05) is 0 Å². The molecule has 7 nitrogen and oxygen atoms in total. The van der Waals surface area contributed by atoms with E-state index < -0.39 is 0 Å². The number of H-pyrrole nitrogens is 1. The zero-order valence-corrected chi connectivity index (χ0v) is 17.7. The van der Waals surface area contributed by atoms with Gasteiger partial charge in [-0.3, -0.25) is 9.67 Å². The molecule has 8 heteroatoms. The Labute approximate surface area is 176 Å². The third kappa shape index (κ3) is 4.75. The largest absolute Gasteiger partial charge is 0.367 e. The van der Waals surface area contributed by atoms with Crippen LogP contribution in [0.2, 0.25) is 0 Å². The molecule has 1 aliphatic rings. The molecule has 0 aliphatic carbocycles. The van der Waals surface area contributed by atoms with E-state index in [0.717, 1.165) is 67.0 Å². The van der Waals surface area contributed by atoms with Gasteiger partial charge in [-0.15, -0.1) is 0 Å². The Kier molecular flexibility index (Phi) is 6.21. The summed E-state index contributed by atoms with van der Waals surface area (Å²) < 4.78 is 15.4. The van der Waals surface area contributed by atoms with Gasteiger partial charge in [0.2, 0.25) is 0 Å². The van der Waals surface area contributed by atoms with Gasteiger partial charge in [-0.05, 0) is 49.9 Å². The lowest BCUT2D eigenvalue weighted by Crippen LogP contribution is -2.51. The number of nitrogens with zero attached hydrogens (tertiary/aromatic N) is 4. The fourth-order valence-corrected chi connectivity index (χ4v) is 4.06. The first-order valence-corrected chi connectivity index (χ1v) is 10.7. The lowest BCUT2D eigenvalue weighted by molar-refractivity contribution is 0.468. The zero-order valence-electron chi connectivity index (χ0n) is 17.7. The van der Waals surface area contributed by atoms with Crippen LogP contribution < -0.4 is 15.5 Å². The second-order valence-electron chi connectivity index (χ2n) is 7.82. The molecule has 1 aromatic carbocycles. The third-order valence-corrected chi connectivity index (χ3v) is 5.54. The van der Waals surface area contributed by atoms with Crippen LogP contribution in [0.25, 0.3) is 10.9 Å². The first-order valence-electron chi connectivity index (χ1n) is 10.7. The van der Waals surface area contributed by atoms with Gasteiger partial charge in [-0.2, -0.15) is 5.10 Å². The van der Waals surface area contributed by atoms with Crippen molar-refractivity contribution in [3.63, 3.8) is 0 Å². The highest BCUT2D eigenvalue weighted by Gasteiger charge is 2.21. The molecule has 1 fully saturated rings. The number of anilines is 1. The van der Waals surface area contributed by atoms with Crippen molar-refractivity contribution < 1.29 is 4.39 Å². The number of aryl methyl sites for hydroxylation is 1. The minimum Gasteiger partial charge on any atom is -0.367 e. The SMILES string of the molecule is CCNC(=NCCc1c[nH]c2ccc(F)cc12)NC1CCCN(c2cnn(C)c2)C1. The highest BCUT2D eigenvalue weighted by Crippen LogP contribution is 2.20. The standard InChI is InChI=1S/C22H30FN7/c1-3-24-22(25-9-8-16-12-26-21-7-6-17(23)11-20(16)21)28-18-5-4-10-30(14-18)19-13-27-29(2)15-19/h6-7,11-13,15,18,26H,3-5,8-10,14H2,1-2H3,(H2,24,25,28). The summed E-state index contributed by atoms with van der Waals surface area (Å²) in [6.45, 7) is 5.50. The van der Waals surface area contributed by atoms with Crippen molar-refractivity contribution in [2.24, 2.45) is 12.0 Å². The molecule has 0 amide bonds. The van der Waals surface area contributed by atoms with Crippen LogP contribution in [0.4, 0.5) is 10.1 Å². The summed E-state index contributed by atoms with van der Waals surface area (Å²) in [6, 6.07) is 5.18. The van der Waals surface area contributed by atoms with E-state index in [1.54, 1.807) is 12.1 Å². The Morgan fingerprint density at radius 1 is 1.40 bits per heavy atom. The van der Waals surface area contributed by atoms with Gasteiger partial charge in [0.1, 0.15) is 5.82 Å². The molecule has 0 saturated carbocycles. The number of aromatic amines is 1. The van der Waals surface area contributed by atoms with Crippen molar-refractivity contribution in [2.45, 2.75) is 32.2 Å². The average molecular weight is 412 g/mol. The number of hydrogen-bond acceptors (Lipinski definition) is 3. The maximum absolute atomic E-state index is 13.6. The highest BCUT2D eigenvalue weighted by molar-refractivity contribution is 5.83. The van der Waals surface area contributed by atoms with Gasteiger partial charge in [0.05, 0.1) is 11.9 Å². The molecule has 2 aromatic heterocycles. The summed E-state index contributed by atoms with van der Waals surface area (Å²) in [5.41, 5.74) is 3.21. The van der Waals surface area contributed by atoms with E-state index in [1.165, 1.54) is 6.07 Å². The summed E-state index contributed by atoms with van der Waals surface area (Å²) in [5, 5.41) is 12.2. The quantitative estimate of drug-likeness (QED) is 0.431. The number of nitrogens with one attached hydrogen (secondary N) is 3. The number of halogens is 1. The molecule has 0 spiro atoms. The van der Waals surface area contributed by atoms with Crippen LogP contribution in [0.15, 0.2) is 41.8 Å². The minimum atomic E-state index is -0.211. The molecule has 3 aromatic rings. The van der Waals surface area contributed by atoms with Crippen LogP contribution in [0.5, 0.6) is 0 Å². The minimum absolute atomic E-state index is 0.211. The summed E-state index contributed by atoms with van der Waals surface area (Å²) in [5.74, 6) is 0.624. The Bertz CT molecular complexity index is 1010.